The Morgan fingerprint density at radius 1 is 1.00 bits per heavy atom. The van der Waals surface area contributed by atoms with Gasteiger partial charge in [-0.2, -0.15) is 0 Å². The maximum atomic E-state index is 12.7. The first-order chi connectivity index (χ1) is 20.1. The van der Waals surface area contributed by atoms with Gasteiger partial charge in [-0.05, 0) is 72.2 Å². The van der Waals surface area contributed by atoms with Gasteiger partial charge in [-0.25, -0.2) is 9.78 Å². The lowest BCUT2D eigenvalue weighted by atomic mass is 9.94. The number of nitrogens with zero attached hydrogens (tertiary/aromatic N) is 3. The minimum atomic E-state index is -0.944. The van der Waals surface area contributed by atoms with E-state index in [4.69, 9.17) is 9.72 Å². The molecule has 0 bridgehead atoms. The number of carboxylic acid groups (broad SMARTS) is 1. The van der Waals surface area contributed by atoms with Crippen molar-refractivity contribution in [3.8, 4) is 11.3 Å². The molecule has 1 fully saturated rings. The van der Waals surface area contributed by atoms with Gasteiger partial charge < -0.3 is 18.8 Å². The summed E-state index contributed by atoms with van der Waals surface area (Å²) in [5.74, 6) is -0.248. The van der Waals surface area contributed by atoms with E-state index < -0.39 is 5.97 Å². The minimum Gasteiger partial charge on any atom is -0.478 e. The van der Waals surface area contributed by atoms with E-state index >= 15 is 0 Å². The number of hydrogen-bond acceptors (Lipinski definition) is 3. The Morgan fingerprint density at radius 3 is 2.68 bits per heavy atom. The van der Waals surface area contributed by atoms with Crippen molar-refractivity contribution in [1.29, 1.82) is 0 Å². The number of carboxylic acids is 1. The number of benzene rings is 3. The maximum Gasteiger partial charge on any atom is 0.337 e. The summed E-state index contributed by atoms with van der Waals surface area (Å²) < 4.78 is 10.1. The zero-order chi connectivity index (χ0) is 27.9. The molecule has 7 rings (SSSR count). The highest BCUT2D eigenvalue weighted by Crippen LogP contribution is 2.36. The number of imidazole rings is 1. The second kappa shape index (κ2) is 10.5. The molecule has 206 valence electrons. The smallest absolute Gasteiger partial charge is 0.337 e. The summed E-state index contributed by atoms with van der Waals surface area (Å²) in [5, 5.41) is 13.3. The number of pyridine rings is 1. The molecule has 41 heavy (non-hydrogen) atoms. The van der Waals surface area contributed by atoms with Crippen molar-refractivity contribution < 1.29 is 14.6 Å². The second-order valence-electron chi connectivity index (χ2n) is 11.2. The highest BCUT2D eigenvalue weighted by molar-refractivity contribution is 6.09. The summed E-state index contributed by atoms with van der Waals surface area (Å²) in [6.45, 7) is 4.88. The Kier molecular flexibility index (Phi) is 6.56. The molecule has 3 aromatic carbocycles. The van der Waals surface area contributed by atoms with Gasteiger partial charge in [-0.3, -0.25) is 0 Å². The van der Waals surface area contributed by atoms with E-state index in [0.29, 0.717) is 23.5 Å². The van der Waals surface area contributed by atoms with Crippen LogP contribution in [0.5, 0.6) is 0 Å². The molecule has 1 saturated heterocycles. The molecule has 6 aromatic rings. The molecular formula is C35H33N3O3. The molecule has 0 atom stereocenters. The minimum absolute atomic E-state index is 0.294. The third-order valence-electron chi connectivity index (χ3n) is 8.70. The van der Waals surface area contributed by atoms with Gasteiger partial charge in [0.2, 0.25) is 0 Å². The molecule has 0 amide bonds. The average molecular weight is 544 g/mol. The third-order valence-corrected chi connectivity index (χ3v) is 8.70. The molecular weight excluding hydrogens is 510 g/mol. The number of aryl methyl sites for hydroxylation is 2. The molecule has 0 aliphatic carbocycles. The molecule has 1 aliphatic heterocycles. The molecule has 0 radical (unpaired) electrons. The van der Waals surface area contributed by atoms with Crippen LogP contribution in [0.3, 0.4) is 0 Å². The fourth-order valence-electron chi connectivity index (χ4n) is 6.62. The number of ether oxygens (including phenoxy) is 1. The predicted molar refractivity (Wildman–Crippen MR) is 163 cm³/mol. The van der Waals surface area contributed by atoms with Crippen molar-refractivity contribution in [1.82, 2.24) is 14.0 Å². The van der Waals surface area contributed by atoms with Crippen LogP contribution in [0.2, 0.25) is 0 Å². The lowest BCUT2D eigenvalue weighted by molar-refractivity contribution is 0.0627. The summed E-state index contributed by atoms with van der Waals surface area (Å²) in [5.41, 5.74) is 7.18. The van der Waals surface area contributed by atoms with Crippen LogP contribution in [0.15, 0.2) is 85.2 Å². The van der Waals surface area contributed by atoms with Gasteiger partial charge in [0.1, 0.15) is 5.65 Å². The first-order valence-corrected chi connectivity index (χ1v) is 14.4. The SMILES string of the molecule is Cc1cccc2c1c(Cc1c(-c3ccc4ccccc4c3C(=O)O)nc3ccccn13)cn2CCC1CCOCC1. The molecule has 0 unspecified atom stereocenters. The molecule has 1 N–H and O–H groups in total. The number of hydrogen-bond donors (Lipinski definition) is 1. The van der Waals surface area contributed by atoms with E-state index in [-0.39, 0.29) is 0 Å². The lowest BCUT2D eigenvalue weighted by Gasteiger charge is -2.22. The fourth-order valence-corrected chi connectivity index (χ4v) is 6.62. The number of aromatic carboxylic acids is 1. The van der Waals surface area contributed by atoms with Crippen LogP contribution in [0.4, 0.5) is 0 Å². The van der Waals surface area contributed by atoms with E-state index in [0.717, 1.165) is 66.8 Å². The summed E-state index contributed by atoms with van der Waals surface area (Å²) in [4.78, 5) is 17.7. The molecule has 6 heteroatoms. The van der Waals surface area contributed by atoms with Gasteiger partial charge in [-0.1, -0.05) is 54.6 Å². The third kappa shape index (κ3) is 4.58. The van der Waals surface area contributed by atoms with Crippen molar-refractivity contribution in [3.63, 3.8) is 0 Å². The zero-order valence-corrected chi connectivity index (χ0v) is 23.2. The van der Waals surface area contributed by atoms with Gasteiger partial charge in [-0.15, -0.1) is 0 Å². The number of aromatic nitrogens is 3. The topological polar surface area (TPSA) is 68.8 Å². The Morgan fingerprint density at radius 2 is 1.83 bits per heavy atom. The van der Waals surface area contributed by atoms with Crippen molar-refractivity contribution in [3.05, 3.63) is 108 Å². The van der Waals surface area contributed by atoms with E-state index in [1.165, 1.54) is 22.0 Å². The first kappa shape index (κ1) is 25.5. The summed E-state index contributed by atoms with van der Waals surface area (Å²) >= 11 is 0. The second-order valence-corrected chi connectivity index (χ2v) is 11.2. The summed E-state index contributed by atoms with van der Waals surface area (Å²) in [6.07, 6.45) is 8.38. The van der Waals surface area contributed by atoms with E-state index in [1.807, 2.05) is 60.8 Å². The largest absolute Gasteiger partial charge is 0.478 e. The Hall–Kier alpha value is -4.42. The van der Waals surface area contributed by atoms with Crippen molar-refractivity contribution >= 4 is 33.3 Å². The molecule has 6 nitrogen and oxygen atoms in total. The van der Waals surface area contributed by atoms with Gasteiger partial charge in [0.05, 0.1) is 17.0 Å². The van der Waals surface area contributed by atoms with Gasteiger partial charge >= 0.3 is 5.97 Å². The Bertz CT molecular complexity index is 1910. The van der Waals surface area contributed by atoms with Crippen molar-refractivity contribution in [2.75, 3.05) is 13.2 Å². The van der Waals surface area contributed by atoms with E-state index in [9.17, 15) is 9.90 Å². The monoisotopic (exact) mass is 543 g/mol. The number of fused-ring (bicyclic) bond motifs is 3. The normalized spacial score (nSPS) is 14.4. The molecule has 4 heterocycles. The molecule has 3 aromatic heterocycles. The predicted octanol–water partition coefficient (Wildman–Crippen LogP) is 7.52. The van der Waals surface area contributed by atoms with Crippen molar-refractivity contribution in [2.45, 2.75) is 39.2 Å². The molecule has 1 aliphatic rings. The quantitative estimate of drug-likeness (QED) is 0.226. The Balaban J connectivity index is 1.37. The van der Waals surface area contributed by atoms with Gasteiger partial charge in [0, 0.05) is 55.0 Å². The number of rotatable bonds is 7. The van der Waals surface area contributed by atoms with Gasteiger partial charge in [0.15, 0.2) is 0 Å². The standard InChI is InChI=1S/C35H33N3O3/c1-23-7-6-10-29-32(23)26(22-37(29)18-14-24-15-19-41-20-16-24)21-30-34(36-31-11-4-5-17-38(30)31)28-13-12-25-8-2-3-9-27(25)33(28)35(39)40/h2-13,17,22,24H,14-16,18-21H2,1H3,(H,39,40). The average Bonchev–Trinajstić information content (AvgIpc) is 3.55. The van der Waals surface area contributed by atoms with Gasteiger partial charge in [0.25, 0.3) is 0 Å². The van der Waals surface area contributed by atoms with Crippen LogP contribution < -0.4 is 0 Å². The lowest BCUT2D eigenvalue weighted by Crippen LogP contribution is -2.17. The van der Waals surface area contributed by atoms with E-state index in [2.05, 4.69) is 40.3 Å². The van der Waals surface area contributed by atoms with E-state index in [1.54, 1.807) is 0 Å². The zero-order valence-electron chi connectivity index (χ0n) is 23.2. The summed E-state index contributed by atoms with van der Waals surface area (Å²) in [7, 11) is 0. The molecule has 0 saturated carbocycles. The van der Waals surface area contributed by atoms with Crippen molar-refractivity contribution in [2.24, 2.45) is 5.92 Å². The van der Waals surface area contributed by atoms with Crippen LogP contribution >= 0.6 is 0 Å². The molecule has 0 spiro atoms. The Labute approximate surface area is 238 Å². The highest BCUT2D eigenvalue weighted by Gasteiger charge is 2.24. The summed E-state index contributed by atoms with van der Waals surface area (Å²) in [6, 6.07) is 24.1. The van der Waals surface area contributed by atoms with Crippen LogP contribution in [-0.2, 0) is 17.7 Å². The highest BCUT2D eigenvalue weighted by atomic mass is 16.5. The van der Waals surface area contributed by atoms with Crippen LogP contribution in [0.25, 0.3) is 38.6 Å². The van der Waals surface area contributed by atoms with Crippen LogP contribution in [0, 0.1) is 12.8 Å². The first-order valence-electron chi connectivity index (χ1n) is 14.4. The maximum absolute atomic E-state index is 12.7. The number of carbonyl (C=O) groups is 1. The fraction of sp³-hybridized carbons (Fsp3) is 0.257. The van der Waals surface area contributed by atoms with Crippen LogP contribution in [-0.4, -0.2) is 38.2 Å². The van der Waals surface area contributed by atoms with Crippen LogP contribution in [0.1, 0.15) is 46.4 Å².